The first kappa shape index (κ1) is 18.8. The number of ether oxygens (including phenoxy) is 2. The summed E-state index contributed by atoms with van der Waals surface area (Å²) in [5.41, 5.74) is 2.38. The monoisotopic (exact) mass is 341 g/mol. The van der Waals surface area contributed by atoms with Crippen LogP contribution in [0.5, 0.6) is 11.5 Å². The van der Waals surface area contributed by atoms with E-state index < -0.39 is 6.10 Å². The Labute approximate surface area is 150 Å². The lowest BCUT2D eigenvalue weighted by Crippen LogP contribution is -2.39. The molecule has 4 heteroatoms. The Hall–Kier alpha value is -2.49. The smallest absolute Gasteiger partial charge is 0.261 e. The van der Waals surface area contributed by atoms with Gasteiger partial charge in [0.2, 0.25) is 0 Å². The van der Waals surface area contributed by atoms with E-state index in [0.717, 1.165) is 17.7 Å². The molecule has 0 aliphatic rings. The van der Waals surface area contributed by atoms with Crippen LogP contribution in [0.1, 0.15) is 44.4 Å². The Kier molecular flexibility index (Phi) is 6.87. The second-order valence-electron chi connectivity index (χ2n) is 6.02. The van der Waals surface area contributed by atoms with Gasteiger partial charge in [-0.15, -0.1) is 0 Å². The quantitative estimate of drug-likeness (QED) is 0.779. The summed E-state index contributed by atoms with van der Waals surface area (Å²) < 4.78 is 11.0. The summed E-state index contributed by atoms with van der Waals surface area (Å²) in [6.07, 6.45) is 1.08. The molecule has 0 aromatic heterocycles. The average Bonchev–Trinajstić information content (AvgIpc) is 2.66. The van der Waals surface area contributed by atoms with Crippen LogP contribution >= 0.6 is 0 Å². The third-order valence-corrected chi connectivity index (χ3v) is 4.25. The van der Waals surface area contributed by atoms with Crippen molar-refractivity contribution in [2.24, 2.45) is 0 Å². The van der Waals surface area contributed by atoms with Gasteiger partial charge in [-0.1, -0.05) is 38.1 Å². The molecule has 0 radical (unpaired) electrons. The second-order valence-corrected chi connectivity index (χ2v) is 6.02. The van der Waals surface area contributed by atoms with Crippen LogP contribution in [0.15, 0.2) is 48.5 Å². The molecule has 0 heterocycles. The van der Waals surface area contributed by atoms with Crippen LogP contribution < -0.4 is 14.8 Å². The normalized spacial score (nSPS) is 13.0. The van der Waals surface area contributed by atoms with Crippen LogP contribution in [0.2, 0.25) is 0 Å². The molecular weight excluding hydrogens is 314 g/mol. The molecule has 2 aromatic rings. The number of benzene rings is 2. The molecule has 1 amide bonds. The van der Waals surface area contributed by atoms with Gasteiger partial charge < -0.3 is 14.8 Å². The van der Waals surface area contributed by atoms with Gasteiger partial charge in [0.05, 0.1) is 13.2 Å². The minimum absolute atomic E-state index is 0.0630. The SMILES string of the molecule is CCc1ccc(C(C)NC(=O)C(CC)Oc2ccc(OC)cc2)cc1. The van der Waals surface area contributed by atoms with Crippen molar-refractivity contribution in [3.8, 4) is 11.5 Å². The number of amides is 1. The molecule has 2 atom stereocenters. The zero-order valence-corrected chi connectivity index (χ0v) is 15.4. The summed E-state index contributed by atoms with van der Waals surface area (Å²) in [7, 11) is 1.62. The molecule has 0 spiro atoms. The topological polar surface area (TPSA) is 47.6 Å². The van der Waals surface area contributed by atoms with Crippen LogP contribution in [-0.2, 0) is 11.2 Å². The molecule has 134 valence electrons. The Morgan fingerprint density at radius 3 is 2.12 bits per heavy atom. The Morgan fingerprint density at radius 1 is 1.00 bits per heavy atom. The fourth-order valence-corrected chi connectivity index (χ4v) is 2.57. The standard InChI is InChI=1S/C21H27NO3/c1-5-16-7-9-17(10-8-16)15(3)22-21(23)20(6-2)25-19-13-11-18(24-4)12-14-19/h7-15,20H,5-6H2,1-4H3,(H,22,23). The highest BCUT2D eigenvalue weighted by Gasteiger charge is 2.20. The molecule has 4 nitrogen and oxygen atoms in total. The zero-order valence-electron chi connectivity index (χ0n) is 15.4. The highest BCUT2D eigenvalue weighted by atomic mass is 16.5. The summed E-state index contributed by atoms with van der Waals surface area (Å²) in [5, 5.41) is 3.04. The van der Waals surface area contributed by atoms with E-state index in [9.17, 15) is 4.79 Å². The van der Waals surface area contributed by atoms with Crippen LogP contribution in [0.3, 0.4) is 0 Å². The van der Waals surface area contributed by atoms with E-state index in [0.29, 0.717) is 12.2 Å². The number of hydrogen-bond acceptors (Lipinski definition) is 3. The molecule has 0 saturated heterocycles. The fourth-order valence-electron chi connectivity index (χ4n) is 2.57. The van der Waals surface area contributed by atoms with Crippen molar-refractivity contribution in [2.75, 3.05) is 7.11 Å². The maximum absolute atomic E-state index is 12.5. The number of rotatable bonds is 8. The first-order chi connectivity index (χ1) is 12.1. The molecule has 25 heavy (non-hydrogen) atoms. The van der Waals surface area contributed by atoms with Crippen molar-refractivity contribution in [3.63, 3.8) is 0 Å². The van der Waals surface area contributed by atoms with Crippen molar-refractivity contribution in [1.29, 1.82) is 0 Å². The average molecular weight is 341 g/mol. The van der Waals surface area contributed by atoms with E-state index in [1.54, 1.807) is 7.11 Å². The molecule has 0 bridgehead atoms. The first-order valence-electron chi connectivity index (χ1n) is 8.77. The van der Waals surface area contributed by atoms with Crippen LogP contribution in [0.25, 0.3) is 0 Å². The number of hydrogen-bond donors (Lipinski definition) is 1. The summed E-state index contributed by atoms with van der Waals surface area (Å²) >= 11 is 0. The van der Waals surface area contributed by atoms with Crippen LogP contribution in [0.4, 0.5) is 0 Å². The minimum atomic E-state index is -0.522. The van der Waals surface area contributed by atoms with Gasteiger partial charge >= 0.3 is 0 Å². The Balaban J connectivity index is 1.97. The van der Waals surface area contributed by atoms with Gasteiger partial charge in [0.15, 0.2) is 6.10 Å². The summed E-state index contributed by atoms with van der Waals surface area (Å²) in [6, 6.07) is 15.5. The third kappa shape index (κ3) is 5.24. The molecule has 0 aliphatic heterocycles. The van der Waals surface area contributed by atoms with E-state index in [1.807, 2.05) is 38.1 Å². The van der Waals surface area contributed by atoms with Gasteiger partial charge in [0.1, 0.15) is 11.5 Å². The van der Waals surface area contributed by atoms with Gasteiger partial charge in [0, 0.05) is 0 Å². The Morgan fingerprint density at radius 2 is 1.60 bits per heavy atom. The summed E-state index contributed by atoms with van der Waals surface area (Å²) in [6.45, 7) is 6.05. The maximum Gasteiger partial charge on any atom is 0.261 e. The predicted octanol–water partition coefficient (Wildman–Crippen LogP) is 4.29. The number of methoxy groups -OCH3 is 1. The first-order valence-corrected chi connectivity index (χ1v) is 8.77. The van der Waals surface area contributed by atoms with Crippen molar-refractivity contribution in [1.82, 2.24) is 5.32 Å². The largest absolute Gasteiger partial charge is 0.497 e. The van der Waals surface area contributed by atoms with Crippen molar-refractivity contribution < 1.29 is 14.3 Å². The second kappa shape index (κ2) is 9.11. The molecule has 0 saturated carbocycles. The number of aryl methyl sites for hydroxylation is 1. The number of nitrogens with one attached hydrogen (secondary N) is 1. The van der Waals surface area contributed by atoms with Gasteiger partial charge in [-0.05, 0) is 55.2 Å². The van der Waals surface area contributed by atoms with Crippen LogP contribution in [0, 0.1) is 0 Å². The molecule has 0 fully saturated rings. The lowest BCUT2D eigenvalue weighted by Gasteiger charge is -2.21. The molecule has 2 unspecified atom stereocenters. The van der Waals surface area contributed by atoms with E-state index >= 15 is 0 Å². The van der Waals surface area contributed by atoms with Crippen molar-refractivity contribution >= 4 is 5.91 Å². The highest BCUT2D eigenvalue weighted by molar-refractivity contribution is 5.81. The predicted molar refractivity (Wildman–Crippen MR) is 100 cm³/mol. The molecule has 0 aliphatic carbocycles. The molecular formula is C21H27NO3. The van der Waals surface area contributed by atoms with Crippen molar-refractivity contribution in [2.45, 2.75) is 45.8 Å². The van der Waals surface area contributed by atoms with E-state index in [4.69, 9.17) is 9.47 Å². The lowest BCUT2D eigenvalue weighted by atomic mass is 10.0. The van der Waals surface area contributed by atoms with E-state index in [2.05, 4.69) is 36.5 Å². The highest BCUT2D eigenvalue weighted by Crippen LogP contribution is 2.20. The van der Waals surface area contributed by atoms with Crippen molar-refractivity contribution in [3.05, 3.63) is 59.7 Å². The number of carbonyl (C=O) groups excluding carboxylic acids is 1. The summed E-state index contributed by atoms with van der Waals surface area (Å²) in [5.74, 6) is 1.31. The minimum Gasteiger partial charge on any atom is -0.497 e. The molecule has 2 aromatic carbocycles. The summed E-state index contributed by atoms with van der Waals surface area (Å²) in [4.78, 5) is 12.5. The molecule has 2 rings (SSSR count). The van der Waals surface area contributed by atoms with Crippen LogP contribution in [-0.4, -0.2) is 19.1 Å². The lowest BCUT2D eigenvalue weighted by molar-refractivity contribution is -0.128. The van der Waals surface area contributed by atoms with Gasteiger partial charge in [0.25, 0.3) is 5.91 Å². The zero-order chi connectivity index (χ0) is 18.2. The Bertz CT molecular complexity index is 665. The van der Waals surface area contributed by atoms with E-state index in [1.165, 1.54) is 5.56 Å². The van der Waals surface area contributed by atoms with Gasteiger partial charge in [-0.25, -0.2) is 0 Å². The van der Waals surface area contributed by atoms with Gasteiger partial charge in [-0.2, -0.15) is 0 Å². The van der Waals surface area contributed by atoms with Gasteiger partial charge in [-0.3, -0.25) is 4.79 Å². The maximum atomic E-state index is 12.5. The number of carbonyl (C=O) groups is 1. The third-order valence-electron chi connectivity index (χ3n) is 4.25. The molecule has 1 N–H and O–H groups in total. The fraction of sp³-hybridized carbons (Fsp3) is 0.381. The van der Waals surface area contributed by atoms with E-state index in [-0.39, 0.29) is 11.9 Å².